The standard InChI is InChI=1S/C12H20S/c1-3-5-6-8-12-10-13-9-11(12)7-4-2/h9-10H,3-8H2,1-2H3. The van der Waals surface area contributed by atoms with Crippen LogP contribution in [0.5, 0.6) is 0 Å². The van der Waals surface area contributed by atoms with Gasteiger partial charge in [-0.2, -0.15) is 11.3 Å². The minimum absolute atomic E-state index is 1.27. The Bertz CT molecular complexity index is 225. The highest BCUT2D eigenvalue weighted by Crippen LogP contribution is 2.19. The lowest BCUT2D eigenvalue weighted by molar-refractivity contribution is 0.713. The Morgan fingerprint density at radius 3 is 2.23 bits per heavy atom. The summed E-state index contributed by atoms with van der Waals surface area (Å²) in [5.74, 6) is 0. The van der Waals surface area contributed by atoms with E-state index >= 15 is 0 Å². The highest BCUT2D eigenvalue weighted by atomic mass is 32.1. The Morgan fingerprint density at radius 1 is 0.923 bits per heavy atom. The van der Waals surface area contributed by atoms with E-state index in [1.807, 2.05) is 11.3 Å². The molecule has 0 aliphatic carbocycles. The molecular weight excluding hydrogens is 176 g/mol. The third-order valence-corrected chi connectivity index (χ3v) is 3.24. The van der Waals surface area contributed by atoms with Gasteiger partial charge in [-0.25, -0.2) is 0 Å². The fraction of sp³-hybridized carbons (Fsp3) is 0.667. The van der Waals surface area contributed by atoms with Crippen LogP contribution < -0.4 is 0 Å². The number of aryl methyl sites for hydroxylation is 2. The fourth-order valence-corrected chi connectivity index (χ4v) is 2.56. The van der Waals surface area contributed by atoms with Gasteiger partial charge in [0, 0.05) is 0 Å². The molecule has 1 aromatic rings. The molecule has 0 radical (unpaired) electrons. The quantitative estimate of drug-likeness (QED) is 0.590. The highest BCUT2D eigenvalue weighted by Gasteiger charge is 2.01. The lowest BCUT2D eigenvalue weighted by atomic mass is 10.0. The maximum Gasteiger partial charge on any atom is -0.00584 e. The Balaban J connectivity index is 2.40. The van der Waals surface area contributed by atoms with E-state index in [9.17, 15) is 0 Å². The first-order valence-electron chi connectivity index (χ1n) is 5.42. The summed E-state index contributed by atoms with van der Waals surface area (Å²) in [6.45, 7) is 4.52. The molecule has 0 saturated carbocycles. The monoisotopic (exact) mass is 196 g/mol. The van der Waals surface area contributed by atoms with Gasteiger partial charge in [0.25, 0.3) is 0 Å². The second-order valence-corrected chi connectivity index (χ2v) is 4.37. The van der Waals surface area contributed by atoms with Crippen LogP contribution in [0.1, 0.15) is 50.7 Å². The number of rotatable bonds is 6. The van der Waals surface area contributed by atoms with Crippen molar-refractivity contribution in [2.45, 2.75) is 52.4 Å². The average molecular weight is 196 g/mol. The molecule has 0 aliphatic heterocycles. The van der Waals surface area contributed by atoms with E-state index in [2.05, 4.69) is 24.6 Å². The van der Waals surface area contributed by atoms with Crippen molar-refractivity contribution in [3.63, 3.8) is 0 Å². The molecule has 1 heterocycles. The Kier molecular flexibility index (Phi) is 5.14. The summed E-state index contributed by atoms with van der Waals surface area (Å²) in [7, 11) is 0. The minimum atomic E-state index is 1.27. The largest absolute Gasteiger partial charge is 0.152 e. The molecule has 0 unspecified atom stereocenters. The summed E-state index contributed by atoms with van der Waals surface area (Å²) >= 11 is 1.86. The molecule has 13 heavy (non-hydrogen) atoms. The molecule has 0 nitrogen and oxygen atoms in total. The molecule has 1 aromatic heterocycles. The van der Waals surface area contributed by atoms with Gasteiger partial charge in [0.1, 0.15) is 0 Å². The van der Waals surface area contributed by atoms with Crippen LogP contribution in [0.15, 0.2) is 10.8 Å². The molecular formula is C12H20S. The molecule has 0 bridgehead atoms. The highest BCUT2D eigenvalue weighted by molar-refractivity contribution is 7.08. The van der Waals surface area contributed by atoms with Gasteiger partial charge in [0.15, 0.2) is 0 Å². The number of hydrogen-bond acceptors (Lipinski definition) is 1. The normalized spacial score (nSPS) is 10.6. The summed E-state index contributed by atoms with van der Waals surface area (Å²) < 4.78 is 0. The minimum Gasteiger partial charge on any atom is -0.152 e. The summed E-state index contributed by atoms with van der Waals surface area (Å²) in [5, 5.41) is 4.66. The Hall–Kier alpha value is -0.300. The van der Waals surface area contributed by atoms with Crippen LogP contribution in [0.25, 0.3) is 0 Å². The van der Waals surface area contributed by atoms with E-state index in [4.69, 9.17) is 0 Å². The van der Waals surface area contributed by atoms with Crippen LogP contribution in [0.2, 0.25) is 0 Å². The van der Waals surface area contributed by atoms with Gasteiger partial charge in [-0.05, 0) is 41.1 Å². The molecule has 0 atom stereocenters. The van der Waals surface area contributed by atoms with Crippen LogP contribution in [-0.4, -0.2) is 0 Å². The zero-order chi connectivity index (χ0) is 9.52. The van der Waals surface area contributed by atoms with Crippen LogP contribution in [-0.2, 0) is 12.8 Å². The van der Waals surface area contributed by atoms with Crippen molar-refractivity contribution in [2.75, 3.05) is 0 Å². The van der Waals surface area contributed by atoms with Crippen LogP contribution in [0, 0.1) is 0 Å². The molecule has 0 spiro atoms. The van der Waals surface area contributed by atoms with E-state index < -0.39 is 0 Å². The van der Waals surface area contributed by atoms with E-state index in [-0.39, 0.29) is 0 Å². The maximum atomic E-state index is 2.33. The van der Waals surface area contributed by atoms with Crippen molar-refractivity contribution in [3.05, 3.63) is 21.9 Å². The molecule has 0 saturated heterocycles. The predicted molar refractivity (Wildman–Crippen MR) is 61.5 cm³/mol. The summed E-state index contributed by atoms with van der Waals surface area (Å²) in [5.41, 5.74) is 3.21. The van der Waals surface area contributed by atoms with Crippen molar-refractivity contribution in [3.8, 4) is 0 Å². The first-order chi connectivity index (χ1) is 6.38. The second kappa shape index (κ2) is 6.20. The fourth-order valence-electron chi connectivity index (χ4n) is 1.62. The smallest absolute Gasteiger partial charge is 0.00584 e. The van der Waals surface area contributed by atoms with Gasteiger partial charge in [0.05, 0.1) is 0 Å². The Morgan fingerprint density at radius 2 is 1.62 bits per heavy atom. The topological polar surface area (TPSA) is 0 Å². The van der Waals surface area contributed by atoms with Gasteiger partial charge in [-0.3, -0.25) is 0 Å². The van der Waals surface area contributed by atoms with Crippen LogP contribution in [0.4, 0.5) is 0 Å². The molecule has 0 fully saturated rings. The summed E-state index contributed by atoms with van der Waals surface area (Å²) in [6, 6.07) is 0. The van der Waals surface area contributed by atoms with Crippen molar-refractivity contribution in [1.29, 1.82) is 0 Å². The molecule has 0 amide bonds. The van der Waals surface area contributed by atoms with Crippen molar-refractivity contribution in [2.24, 2.45) is 0 Å². The predicted octanol–water partition coefficient (Wildman–Crippen LogP) is 4.43. The van der Waals surface area contributed by atoms with Gasteiger partial charge < -0.3 is 0 Å². The van der Waals surface area contributed by atoms with Gasteiger partial charge in [-0.15, -0.1) is 0 Å². The zero-order valence-electron chi connectivity index (χ0n) is 8.81. The second-order valence-electron chi connectivity index (χ2n) is 3.63. The SMILES string of the molecule is CCCCCc1cscc1CCC. The number of unbranched alkanes of at least 4 members (excludes halogenated alkanes) is 2. The van der Waals surface area contributed by atoms with E-state index in [0.717, 1.165) is 0 Å². The van der Waals surface area contributed by atoms with E-state index in [1.165, 1.54) is 38.5 Å². The van der Waals surface area contributed by atoms with Gasteiger partial charge >= 0.3 is 0 Å². The molecule has 0 aromatic carbocycles. The zero-order valence-corrected chi connectivity index (χ0v) is 9.62. The van der Waals surface area contributed by atoms with E-state index in [1.54, 1.807) is 11.1 Å². The first kappa shape index (κ1) is 10.8. The third-order valence-electron chi connectivity index (χ3n) is 2.40. The average Bonchev–Trinajstić information content (AvgIpc) is 2.54. The van der Waals surface area contributed by atoms with Crippen LogP contribution in [0.3, 0.4) is 0 Å². The maximum absolute atomic E-state index is 2.33. The molecule has 0 N–H and O–H groups in total. The first-order valence-corrected chi connectivity index (χ1v) is 6.36. The Labute approximate surface area is 86.0 Å². The molecule has 1 heteroatoms. The van der Waals surface area contributed by atoms with Crippen LogP contribution >= 0.6 is 11.3 Å². The molecule has 1 rings (SSSR count). The lowest BCUT2D eigenvalue weighted by Crippen LogP contribution is -1.89. The van der Waals surface area contributed by atoms with Crippen molar-refractivity contribution < 1.29 is 0 Å². The lowest BCUT2D eigenvalue weighted by Gasteiger charge is -2.01. The third kappa shape index (κ3) is 3.51. The number of thiophene rings is 1. The molecule has 74 valence electrons. The van der Waals surface area contributed by atoms with Crippen molar-refractivity contribution >= 4 is 11.3 Å². The summed E-state index contributed by atoms with van der Waals surface area (Å²) in [4.78, 5) is 0. The van der Waals surface area contributed by atoms with Gasteiger partial charge in [0.2, 0.25) is 0 Å². The van der Waals surface area contributed by atoms with Gasteiger partial charge in [-0.1, -0.05) is 33.1 Å². The molecule has 0 aliphatic rings. The van der Waals surface area contributed by atoms with Crippen molar-refractivity contribution in [1.82, 2.24) is 0 Å². The number of hydrogen-bond donors (Lipinski definition) is 0. The summed E-state index contributed by atoms with van der Waals surface area (Å²) in [6.07, 6.45) is 7.91. The van der Waals surface area contributed by atoms with E-state index in [0.29, 0.717) is 0 Å².